The minimum absolute atomic E-state index is 0.0353. The number of nitrogens with zero attached hydrogens (tertiary/aromatic N) is 3. The summed E-state index contributed by atoms with van der Waals surface area (Å²) in [5.41, 5.74) is 11.6. The molecule has 0 bridgehead atoms. The maximum absolute atomic E-state index is 9.68. The lowest BCUT2D eigenvalue weighted by atomic mass is 9.84. The average molecular weight is 366 g/mol. The molecule has 0 amide bonds. The number of fused-ring (bicyclic) bond motifs is 2. The maximum Gasteiger partial charge on any atom is 0.244 e. The fourth-order valence-electron chi connectivity index (χ4n) is 3.56. The molecule has 1 aromatic carbocycles. The summed E-state index contributed by atoms with van der Waals surface area (Å²) in [6.45, 7) is 5.91. The molecule has 6 nitrogen and oxygen atoms in total. The number of rotatable bonds is 1. The molecule has 26 heavy (non-hydrogen) atoms. The highest BCUT2D eigenvalue weighted by Crippen LogP contribution is 2.45. The van der Waals surface area contributed by atoms with Gasteiger partial charge in [0.25, 0.3) is 0 Å². The number of nitrogens with two attached hydrogens (primary N) is 1. The molecule has 7 heteroatoms. The third kappa shape index (κ3) is 2.32. The van der Waals surface area contributed by atoms with Crippen LogP contribution in [0.15, 0.2) is 29.7 Å². The lowest BCUT2D eigenvalue weighted by molar-refractivity contribution is 0.379. The summed E-state index contributed by atoms with van der Waals surface area (Å²) in [6, 6.07) is 8.25. The normalized spacial score (nSPS) is 16.3. The Morgan fingerprint density at radius 2 is 2.04 bits per heavy atom. The number of ether oxygens (including phenoxy) is 1. The molecule has 0 saturated carbocycles. The van der Waals surface area contributed by atoms with Gasteiger partial charge in [-0.15, -0.1) is 5.10 Å². The van der Waals surface area contributed by atoms with Crippen molar-refractivity contribution < 1.29 is 4.74 Å². The van der Waals surface area contributed by atoms with Gasteiger partial charge in [0.2, 0.25) is 11.8 Å². The van der Waals surface area contributed by atoms with Crippen LogP contribution in [0.1, 0.15) is 33.9 Å². The van der Waals surface area contributed by atoms with Crippen LogP contribution in [-0.4, -0.2) is 15.2 Å². The Hall–Kier alpha value is -3.04. The first kappa shape index (κ1) is 16.4. The summed E-state index contributed by atoms with van der Waals surface area (Å²) in [6.07, 6.45) is 0. The number of halogens is 1. The number of nitrogens with one attached hydrogen (secondary N) is 1. The second kappa shape index (κ2) is 5.75. The fourth-order valence-corrected chi connectivity index (χ4v) is 3.81. The molecule has 0 fully saturated rings. The summed E-state index contributed by atoms with van der Waals surface area (Å²) in [4.78, 5) is 4.59. The lowest BCUT2D eigenvalue weighted by Gasteiger charge is -2.24. The molecule has 1 atom stereocenters. The van der Waals surface area contributed by atoms with Crippen molar-refractivity contribution >= 4 is 22.5 Å². The Kier molecular flexibility index (Phi) is 3.63. The molecular formula is C19H16ClN5O. The third-order valence-electron chi connectivity index (χ3n) is 4.67. The third-order valence-corrected chi connectivity index (χ3v) is 4.98. The van der Waals surface area contributed by atoms with E-state index in [1.807, 2.05) is 26.8 Å². The van der Waals surface area contributed by atoms with Gasteiger partial charge in [0, 0.05) is 22.2 Å². The van der Waals surface area contributed by atoms with Crippen molar-refractivity contribution in [1.82, 2.24) is 15.2 Å². The van der Waals surface area contributed by atoms with Gasteiger partial charge in [0.15, 0.2) is 0 Å². The van der Waals surface area contributed by atoms with E-state index in [4.69, 9.17) is 22.1 Å². The summed E-state index contributed by atoms with van der Waals surface area (Å²) >= 11 is 6.55. The molecule has 1 aliphatic rings. The summed E-state index contributed by atoms with van der Waals surface area (Å²) in [5, 5.41) is 18.0. The molecule has 0 saturated heterocycles. The van der Waals surface area contributed by atoms with E-state index in [-0.39, 0.29) is 5.88 Å². The van der Waals surface area contributed by atoms with Crippen molar-refractivity contribution in [2.75, 3.05) is 0 Å². The summed E-state index contributed by atoms with van der Waals surface area (Å²) in [5.74, 6) is -0.0820. The van der Waals surface area contributed by atoms with Crippen LogP contribution in [0.2, 0.25) is 5.15 Å². The molecule has 0 unspecified atom stereocenters. The van der Waals surface area contributed by atoms with E-state index in [9.17, 15) is 5.26 Å². The molecule has 4 rings (SSSR count). The highest BCUT2D eigenvalue weighted by Gasteiger charge is 2.35. The van der Waals surface area contributed by atoms with Crippen LogP contribution < -0.4 is 10.5 Å². The molecule has 0 spiro atoms. The van der Waals surface area contributed by atoms with Crippen LogP contribution in [-0.2, 0) is 0 Å². The van der Waals surface area contributed by atoms with E-state index in [0.29, 0.717) is 22.2 Å². The second-order valence-corrected chi connectivity index (χ2v) is 6.87. The summed E-state index contributed by atoms with van der Waals surface area (Å²) in [7, 11) is 0. The number of aromatic amines is 1. The first-order chi connectivity index (χ1) is 12.4. The van der Waals surface area contributed by atoms with Crippen molar-refractivity contribution in [2.45, 2.75) is 26.7 Å². The molecule has 0 radical (unpaired) electrons. The van der Waals surface area contributed by atoms with Gasteiger partial charge in [-0.05, 0) is 38.5 Å². The molecule has 3 heterocycles. The van der Waals surface area contributed by atoms with Crippen LogP contribution in [0, 0.1) is 32.1 Å². The van der Waals surface area contributed by atoms with Gasteiger partial charge in [-0.2, -0.15) is 5.26 Å². The minimum Gasteiger partial charge on any atom is -0.420 e. The Balaban J connectivity index is 2.04. The first-order valence-electron chi connectivity index (χ1n) is 8.10. The molecule has 2 aromatic heterocycles. The van der Waals surface area contributed by atoms with Crippen LogP contribution in [0.3, 0.4) is 0 Å². The predicted molar refractivity (Wildman–Crippen MR) is 98.8 cm³/mol. The average Bonchev–Trinajstić information content (AvgIpc) is 2.94. The van der Waals surface area contributed by atoms with Gasteiger partial charge in [0.1, 0.15) is 16.8 Å². The SMILES string of the molecule is Cc1cc(C)c2nc(Cl)c([C@@H]3C(C#N)=C(N)Oc4n[nH]c(C)c43)cc2c1. The molecule has 0 aliphatic carbocycles. The zero-order valence-corrected chi connectivity index (χ0v) is 15.3. The fraction of sp³-hybridized carbons (Fsp3) is 0.211. The number of H-pyrrole nitrogens is 1. The van der Waals surface area contributed by atoms with E-state index in [0.717, 1.165) is 33.3 Å². The van der Waals surface area contributed by atoms with E-state index >= 15 is 0 Å². The Bertz CT molecular complexity index is 1140. The largest absolute Gasteiger partial charge is 0.420 e. The summed E-state index contributed by atoms with van der Waals surface area (Å²) < 4.78 is 5.50. The number of allylic oxidation sites excluding steroid dienone is 1. The first-order valence-corrected chi connectivity index (χ1v) is 8.48. The van der Waals surface area contributed by atoms with Gasteiger partial charge in [-0.25, -0.2) is 4.98 Å². The molecule has 1 aliphatic heterocycles. The number of pyridine rings is 1. The zero-order chi connectivity index (χ0) is 18.6. The van der Waals surface area contributed by atoms with Crippen molar-refractivity contribution in [3.63, 3.8) is 0 Å². The predicted octanol–water partition coefficient (Wildman–Crippen LogP) is 3.75. The van der Waals surface area contributed by atoms with Crippen LogP contribution in [0.4, 0.5) is 0 Å². The van der Waals surface area contributed by atoms with Gasteiger partial charge < -0.3 is 10.5 Å². The van der Waals surface area contributed by atoms with Crippen molar-refractivity contribution in [3.05, 3.63) is 62.8 Å². The number of hydrogen-bond donors (Lipinski definition) is 2. The highest BCUT2D eigenvalue weighted by atomic mass is 35.5. The van der Waals surface area contributed by atoms with Crippen molar-refractivity contribution in [3.8, 4) is 11.9 Å². The highest BCUT2D eigenvalue weighted by molar-refractivity contribution is 6.30. The maximum atomic E-state index is 9.68. The Morgan fingerprint density at radius 3 is 2.77 bits per heavy atom. The van der Waals surface area contributed by atoms with Crippen LogP contribution in [0.5, 0.6) is 5.88 Å². The Morgan fingerprint density at radius 1 is 1.27 bits per heavy atom. The standard InChI is InChI=1S/C19H16ClN5O/c1-8-4-9(2)16-11(5-8)6-12(17(20)23-16)15-13(7-21)18(22)26-19-14(15)10(3)24-25-19/h4-6,15H,22H2,1-3H3,(H,24,25)/t15-/m1/s1. The number of aromatic nitrogens is 3. The quantitative estimate of drug-likeness (QED) is 0.639. The van der Waals surface area contributed by atoms with Gasteiger partial charge in [-0.3, -0.25) is 5.10 Å². The van der Waals surface area contributed by atoms with Crippen molar-refractivity contribution in [2.24, 2.45) is 5.73 Å². The van der Waals surface area contributed by atoms with E-state index in [1.54, 1.807) is 0 Å². The van der Waals surface area contributed by atoms with Gasteiger partial charge in [-0.1, -0.05) is 23.2 Å². The number of aryl methyl sites for hydroxylation is 3. The number of hydrogen-bond acceptors (Lipinski definition) is 5. The smallest absolute Gasteiger partial charge is 0.244 e. The van der Waals surface area contributed by atoms with Crippen molar-refractivity contribution in [1.29, 1.82) is 5.26 Å². The van der Waals surface area contributed by atoms with Crippen LogP contribution in [0.25, 0.3) is 10.9 Å². The topological polar surface area (TPSA) is 101 Å². The van der Waals surface area contributed by atoms with Gasteiger partial charge in [0.05, 0.1) is 11.4 Å². The molecule has 3 N–H and O–H groups in total. The lowest BCUT2D eigenvalue weighted by Crippen LogP contribution is -2.21. The monoisotopic (exact) mass is 365 g/mol. The van der Waals surface area contributed by atoms with Crippen LogP contribution >= 0.6 is 11.6 Å². The number of benzene rings is 1. The Labute approximate surface area is 155 Å². The minimum atomic E-state index is -0.479. The molecule has 130 valence electrons. The van der Waals surface area contributed by atoms with Gasteiger partial charge >= 0.3 is 0 Å². The van der Waals surface area contributed by atoms with E-state index in [1.165, 1.54) is 0 Å². The van der Waals surface area contributed by atoms with E-state index < -0.39 is 5.92 Å². The van der Waals surface area contributed by atoms with E-state index in [2.05, 4.69) is 33.4 Å². The second-order valence-electron chi connectivity index (χ2n) is 6.51. The molecular weight excluding hydrogens is 350 g/mol. The number of nitriles is 1. The molecule has 3 aromatic rings. The zero-order valence-electron chi connectivity index (χ0n) is 14.5.